The van der Waals surface area contributed by atoms with E-state index in [2.05, 4.69) is 29.6 Å². The van der Waals surface area contributed by atoms with E-state index in [1.165, 1.54) is 24.0 Å². The molecule has 1 heterocycles. The van der Waals surface area contributed by atoms with Crippen LogP contribution in [0.15, 0.2) is 48.5 Å². The number of Topliss-reactive ketones (excluding diaryl/α,β-unsaturated/α-hetero) is 1. The minimum atomic E-state index is 0.187. The smallest absolute Gasteiger partial charge is 0.167 e. The molecule has 2 aromatic rings. The fraction of sp³-hybridized carbons (Fsp3) is 0.350. The summed E-state index contributed by atoms with van der Waals surface area (Å²) in [7, 11) is 0. The number of ketones is 1. The van der Waals surface area contributed by atoms with Gasteiger partial charge in [0, 0.05) is 18.5 Å². The monoisotopic (exact) mass is 293 g/mol. The van der Waals surface area contributed by atoms with Crippen molar-refractivity contribution >= 4 is 5.78 Å². The Kier molecular flexibility index (Phi) is 4.69. The molecule has 1 fully saturated rings. The molecule has 2 heteroatoms. The van der Waals surface area contributed by atoms with Crippen LogP contribution in [0.25, 0.3) is 0 Å². The van der Waals surface area contributed by atoms with Crippen molar-refractivity contribution in [2.75, 3.05) is 13.1 Å². The molecule has 1 saturated heterocycles. The Morgan fingerprint density at radius 1 is 1.09 bits per heavy atom. The summed E-state index contributed by atoms with van der Waals surface area (Å²) in [5, 5.41) is 3.45. The van der Waals surface area contributed by atoms with Crippen LogP contribution in [0.5, 0.6) is 0 Å². The normalized spacial score (nSPS) is 18.1. The van der Waals surface area contributed by atoms with Gasteiger partial charge < -0.3 is 5.32 Å². The van der Waals surface area contributed by atoms with Crippen LogP contribution >= 0.6 is 0 Å². The maximum absolute atomic E-state index is 12.3. The first-order valence-corrected chi connectivity index (χ1v) is 8.12. The summed E-state index contributed by atoms with van der Waals surface area (Å²) in [6.07, 6.45) is 2.99. The molecule has 1 aliphatic rings. The summed E-state index contributed by atoms with van der Waals surface area (Å²) < 4.78 is 0. The van der Waals surface area contributed by atoms with Gasteiger partial charge in [-0.05, 0) is 43.4 Å². The third-order valence-corrected chi connectivity index (χ3v) is 4.49. The van der Waals surface area contributed by atoms with Gasteiger partial charge in [0.2, 0.25) is 0 Å². The van der Waals surface area contributed by atoms with Crippen LogP contribution < -0.4 is 5.32 Å². The zero-order chi connectivity index (χ0) is 15.4. The lowest BCUT2D eigenvalue weighted by Gasteiger charge is -2.23. The maximum Gasteiger partial charge on any atom is 0.167 e. The van der Waals surface area contributed by atoms with Gasteiger partial charge in [-0.25, -0.2) is 0 Å². The Hall–Kier alpha value is -1.93. The molecule has 0 aliphatic carbocycles. The van der Waals surface area contributed by atoms with Crippen molar-refractivity contribution in [1.29, 1.82) is 0 Å². The summed E-state index contributed by atoms with van der Waals surface area (Å²) >= 11 is 0. The summed E-state index contributed by atoms with van der Waals surface area (Å²) in [5.74, 6) is 0.808. The first-order valence-electron chi connectivity index (χ1n) is 8.12. The number of carbonyl (C=O) groups is 1. The summed E-state index contributed by atoms with van der Waals surface area (Å²) in [5.41, 5.74) is 4.46. The van der Waals surface area contributed by atoms with Crippen LogP contribution in [0.4, 0.5) is 0 Å². The molecular weight excluding hydrogens is 270 g/mol. The summed E-state index contributed by atoms with van der Waals surface area (Å²) in [4.78, 5) is 12.3. The van der Waals surface area contributed by atoms with Gasteiger partial charge in [0.05, 0.1) is 0 Å². The van der Waals surface area contributed by atoms with Gasteiger partial charge in [0.15, 0.2) is 5.78 Å². The average molecular weight is 293 g/mol. The SMILES string of the molecule is Cc1ccc(C(=O)Cc2ccc(C3CCCNC3)cc2)cc1. The highest BCUT2D eigenvalue weighted by Crippen LogP contribution is 2.23. The van der Waals surface area contributed by atoms with E-state index in [-0.39, 0.29) is 5.78 Å². The Morgan fingerprint density at radius 3 is 2.45 bits per heavy atom. The number of carbonyl (C=O) groups excluding carboxylic acids is 1. The highest BCUT2D eigenvalue weighted by Gasteiger charge is 2.15. The number of nitrogens with one attached hydrogen (secondary N) is 1. The van der Waals surface area contributed by atoms with Crippen LogP contribution in [0.2, 0.25) is 0 Å². The van der Waals surface area contributed by atoms with E-state index < -0.39 is 0 Å². The number of rotatable bonds is 4. The molecule has 1 unspecified atom stereocenters. The fourth-order valence-electron chi connectivity index (χ4n) is 3.07. The number of benzene rings is 2. The van der Waals surface area contributed by atoms with Crippen molar-refractivity contribution in [2.45, 2.75) is 32.1 Å². The van der Waals surface area contributed by atoms with Crippen LogP contribution in [0.3, 0.4) is 0 Å². The molecular formula is C20H23NO. The van der Waals surface area contributed by atoms with Gasteiger partial charge in [-0.1, -0.05) is 54.1 Å². The Balaban J connectivity index is 1.65. The standard InChI is InChI=1S/C20H23NO/c1-15-4-8-18(9-5-15)20(22)13-16-6-10-17(11-7-16)19-3-2-12-21-14-19/h4-11,19,21H,2-3,12-14H2,1H3. The van der Waals surface area contributed by atoms with E-state index in [4.69, 9.17) is 0 Å². The summed E-state index contributed by atoms with van der Waals surface area (Å²) in [6, 6.07) is 16.4. The van der Waals surface area contributed by atoms with Gasteiger partial charge in [0.1, 0.15) is 0 Å². The fourth-order valence-corrected chi connectivity index (χ4v) is 3.07. The van der Waals surface area contributed by atoms with E-state index in [1.54, 1.807) is 0 Å². The van der Waals surface area contributed by atoms with Crippen molar-refractivity contribution in [3.05, 3.63) is 70.8 Å². The number of hydrogen-bond donors (Lipinski definition) is 1. The lowest BCUT2D eigenvalue weighted by atomic mass is 9.90. The molecule has 0 radical (unpaired) electrons. The highest BCUT2D eigenvalue weighted by atomic mass is 16.1. The van der Waals surface area contributed by atoms with Crippen molar-refractivity contribution in [3.63, 3.8) is 0 Å². The van der Waals surface area contributed by atoms with Crippen molar-refractivity contribution < 1.29 is 4.79 Å². The lowest BCUT2D eigenvalue weighted by molar-refractivity contribution is 0.0993. The van der Waals surface area contributed by atoms with Crippen LogP contribution in [-0.4, -0.2) is 18.9 Å². The van der Waals surface area contributed by atoms with Crippen molar-refractivity contribution in [1.82, 2.24) is 5.32 Å². The number of piperidine rings is 1. The molecule has 114 valence electrons. The van der Waals surface area contributed by atoms with E-state index in [0.717, 1.165) is 24.2 Å². The van der Waals surface area contributed by atoms with Gasteiger partial charge in [0.25, 0.3) is 0 Å². The molecule has 22 heavy (non-hydrogen) atoms. The topological polar surface area (TPSA) is 29.1 Å². The van der Waals surface area contributed by atoms with E-state index in [0.29, 0.717) is 12.3 Å². The Morgan fingerprint density at radius 2 is 1.82 bits per heavy atom. The molecule has 1 atom stereocenters. The van der Waals surface area contributed by atoms with Crippen LogP contribution in [0, 0.1) is 6.92 Å². The van der Waals surface area contributed by atoms with Crippen molar-refractivity contribution in [2.24, 2.45) is 0 Å². The first-order chi connectivity index (χ1) is 10.7. The molecule has 0 aromatic heterocycles. The minimum absolute atomic E-state index is 0.187. The van der Waals surface area contributed by atoms with E-state index in [1.807, 2.05) is 31.2 Å². The molecule has 0 amide bonds. The second-order valence-corrected chi connectivity index (χ2v) is 6.25. The Bertz CT molecular complexity index is 622. The lowest BCUT2D eigenvalue weighted by Crippen LogP contribution is -2.28. The van der Waals surface area contributed by atoms with Gasteiger partial charge >= 0.3 is 0 Å². The molecule has 3 rings (SSSR count). The van der Waals surface area contributed by atoms with E-state index >= 15 is 0 Å². The van der Waals surface area contributed by atoms with Gasteiger partial charge in [-0.3, -0.25) is 4.79 Å². The van der Waals surface area contributed by atoms with Crippen LogP contribution in [-0.2, 0) is 6.42 Å². The molecule has 1 N–H and O–H groups in total. The molecule has 0 spiro atoms. The van der Waals surface area contributed by atoms with Gasteiger partial charge in [-0.15, -0.1) is 0 Å². The predicted molar refractivity (Wildman–Crippen MR) is 90.5 cm³/mol. The third kappa shape index (κ3) is 3.63. The van der Waals surface area contributed by atoms with Crippen molar-refractivity contribution in [3.8, 4) is 0 Å². The number of aryl methyl sites for hydroxylation is 1. The second kappa shape index (κ2) is 6.89. The minimum Gasteiger partial charge on any atom is -0.316 e. The zero-order valence-corrected chi connectivity index (χ0v) is 13.1. The average Bonchev–Trinajstić information content (AvgIpc) is 2.57. The molecule has 0 saturated carbocycles. The van der Waals surface area contributed by atoms with Crippen LogP contribution in [0.1, 0.15) is 45.8 Å². The number of hydrogen-bond acceptors (Lipinski definition) is 2. The third-order valence-electron chi connectivity index (χ3n) is 4.49. The largest absolute Gasteiger partial charge is 0.316 e. The zero-order valence-electron chi connectivity index (χ0n) is 13.1. The second-order valence-electron chi connectivity index (χ2n) is 6.25. The molecule has 2 nitrogen and oxygen atoms in total. The predicted octanol–water partition coefficient (Wildman–Crippen LogP) is 3.89. The Labute approximate surface area is 132 Å². The first kappa shape index (κ1) is 15.0. The highest BCUT2D eigenvalue weighted by molar-refractivity contribution is 5.97. The molecule has 1 aliphatic heterocycles. The van der Waals surface area contributed by atoms with Gasteiger partial charge in [-0.2, -0.15) is 0 Å². The maximum atomic E-state index is 12.3. The molecule has 0 bridgehead atoms. The quantitative estimate of drug-likeness (QED) is 0.867. The molecule has 2 aromatic carbocycles. The summed E-state index contributed by atoms with van der Waals surface area (Å²) in [6.45, 7) is 4.24. The van der Waals surface area contributed by atoms with E-state index in [9.17, 15) is 4.79 Å².